The van der Waals surface area contributed by atoms with Crippen molar-refractivity contribution < 1.29 is 0 Å². The lowest BCUT2D eigenvalue weighted by Crippen LogP contribution is -2.08. The third-order valence-corrected chi connectivity index (χ3v) is 3.18. The minimum atomic E-state index is 0.982. The molecule has 2 aromatic heterocycles. The third kappa shape index (κ3) is 1.42. The van der Waals surface area contributed by atoms with Gasteiger partial charge in [-0.2, -0.15) is 0 Å². The van der Waals surface area contributed by atoms with Crippen molar-refractivity contribution in [1.29, 1.82) is 0 Å². The Morgan fingerprint density at radius 3 is 2.69 bits per heavy atom. The first kappa shape index (κ1) is 9.52. The van der Waals surface area contributed by atoms with E-state index in [1.165, 1.54) is 11.1 Å². The van der Waals surface area contributed by atoms with E-state index in [1.54, 1.807) is 0 Å². The number of hydrogen-bond acceptors (Lipinski definition) is 2. The molecule has 0 amide bonds. The lowest BCUT2D eigenvalue weighted by Gasteiger charge is -2.18. The van der Waals surface area contributed by atoms with Crippen LogP contribution < -0.4 is 0 Å². The van der Waals surface area contributed by atoms with Crippen LogP contribution in [-0.2, 0) is 19.3 Å². The van der Waals surface area contributed by atoms with E-state index in [2.05, 4.69) is 30.1 Å². The monoisotopic (exact) mass is 210 g/mol. The van der Waals surface area contributed by atoms with E-state index in [0.717, 1.165) is 36.3 Å². The van der Waals surface area contributed by atoms with E-state index in [1.807, 2.05) is 12.3 Å². The van der Waals surface area contributed by atoms with Gasteiger partial charge in [0.05, 0.1) is 11.4 Å². The van der Waals surface area contributed by atoms with Crippen LogP contribution in [0.4, 0.5) is 0 Å². The summed E-state index contributed by atoms with van der Waals surface area (Å²) in [4.78, 5) is 9.18. The molecule has 3 rings (SSSR count). The summed E-state index contributed by atoms with van der Waals surface area (Å²) in [5, 5.41) is 0. The largest absolute Gasteiger partial charge is 0.254 e. The summed E-state index contributed by atoms with van der Waals surface area (Å²) in [6.45, 7) is 2.14. The highest BCUT2D eigenvalue weighted by Crippen LogP contribution is 2.29. The highest BCUT2D eigenvalue weighted by molar-refractivity contribution is 5.65. The molecule has 0 saturated carbocycles. The van der Waals surface area contributed by atoms with Crippen molar-refractivity contribution in [2.75, 3.05) is 0 Å². The van der Waals surface area contributed by atoms with E-state index in [0.29, 0.717) is 0 Å². The Morgan fingerprint density at radius 2 is 1.88 bits per heavy atom. The van der Waals surface area contributed by atoms with E-state index in [4.69, 9.17) is 4.98 Å². The van der Waals surface area contributed by atoms with Gasteiger partial charge in [-0.05, 0) is 42.5 Å². The Morgan fingerprint density at radius 1 is 1.06 bits per heavy atom. The zero-order valence-electron chi connectivity index (χ0n) is 9.40. The first-order valence-corrected chi connectivity index (χ1v) is 5.81. The number of aromatic nitrogens is 2. The molecule has 0 fully saturated rings. The second-order valence-corrected chi connectivity index (χ2v) is 4.18. The van der Waals surface area contributed by atoms with Crippen molar-refractivity contribution >= 4 is 0 Å². The highest BCUT2D eigenvalue weighted by atomic mass is 14.8. The first-order valence-electron chi connectivity index (χ1n) is 5.81. The van der Waals surface area contributed by atoms with Crippen molar-refractivity contribution in [1.82, 2.24) is 9.97 Å². The van der Waals surface area contributed by atoms with Crippen LogP contribution in [-0.4, -0.2) is 9.97 Å². The number of hydrogen-bond donors (Lipinski definition) is 0. The third-order valence-electron chi connectivity index (χ3n) is 3.18. The smallest absolute Gasteiger partial charge is 0.0924 e. The maximum absolute atomic E-state index is 4.71. The van der Waals surface area contributed by atoms with Gasteiger partial charge in [-0.15, -0.1) is 0 Å². The molecule has 2 heteroatoms. The fourth-order valence-electron chi connectivity index (χ4n) is 2.25. The molecule has 0 spiro atoms. The molecule has 0 bridgehead atoms. The van der Waals surface area contributed by atoms with Crippen LogP contribution in [0.5, 0.6) is 0 Å². The molecule has 2 heterocycles. The molecule has 0 radical (unpaired) electrons. The Bertz CT molecular complexity index is 532. The Kier molecular flexibility index (Phi) is 2.21. The predicted octanol–water partition coefficient (Wildman–Crippen LogP) is 2.80. The second kappa shape index (κ2) is 3.71. The van der Waals surface area contributed by atoms with Gasteiger partial charge in [0.25, 0.3) is 0 Å². The zero-order chi connectivity index (χ0) is 11.0. The normalized spacial score (nSPS) is 13.1. The lowest BCUT2D eigenvalue weighted by atomic mass is 9.92. The van der Waals surface area contributed by atoms with Crippen molar-refractivity contribution in [2.45, 2.75) is 26.2 Å². The van der Waals surface area contributed by atoms with Gasteiger partial charge in [0, 0.05) is 11.9 Å². The molecular weight excluding hydrogens is 196 g/mol. The van der Waals surface area contributed by atoms with Crippen LogP contribution >= 0.6 is 0 Å². The summed E-state index contributed by atoms with van der Waals surface area (Å²) in [6, 6.07) is 8.50. The van der Waals surface area contributed by atoms with Crippen molar-refractivity contribution in [3.63, 3.8) is 0 Å². The summed E-state index contributed by atoms with van der Waals surface area (Å²) in [7, 11) is 0. The summed E-state index contributed by atoms with van der Waals surface area (Å²) in [5.41, 5.74) is 6.00. The van der Waals surface area contributed by atoms with Crippen LogP contribution in [0.3, 0.4) is 0 Å². The molecule has 2 aromatic rings. The molecule has 1 aliphatic carbocycles. The van der Waals surface area contributed by atoms with Crippen LogP contribution in [0.2, 0.25) is 0 Å². The maximum atomic E-state index is 4.71. The number of pyridine rings is 2. The fraction of sp³-hybridized carbons (Fsp3) is 0.286. The molecule has 0 aromatic carbocycles. The minimum Gasteiger partial charge on any atom is -0.254 e. The quantitative estimate of drug-likeness (QED) is 0.723. The molecule has 80 valence electrons. The van der Waals surface area contributed by atoms with Crippen molar-refractivity contribution in [3.05, 3.63) is 47.3 Å². The topological polar surface area (TPSA) is 25.8 Å². The minimum absolute atomic E-state index is 0.982. The highest BCUT2D eigenvalue weighted by Gasteiger charge is 2.18. The summed E-state index contributed by atoms with van der Waals surface area (Å²) in [6.07, 6.45) is 5.01. The van der Waals surface area contributed by atoms with Gasteiger partial charge in [-0.25, -0.2) is 0 Å². The lowest BCUT2D eigenvalue weighted by molar-refractivity contribution is 0.898. The molecule has 16 heavy (non-hydrogen) atoms. The molecule has 2 nitrogen and oxygen atoms in total. The van der Waals surface area contributed by atoms with Crippen LogP contribution in [0.15, 0.2) is 30.5 Å². The summed E-state index contributed by atoms with van der Waals surface area (Å²) in [5.74, 6) is 0. The molecule has 1 aliphatic rings. The second-order valence-electron chi connectivity index (χ2n) is 4.18. The summed E-state index contributed by atoms with van der Waals surface area (Å²) >= 11 is 0. The molecule has 0 unspecified atom stereocenters. The number of rotatable bonds is 1. The van der Waals surface area contributed by atoms with E-state index in [-0.39, 0.29) is 0 Å². The zero-order valence-corrected chi connectivity index (χ0v) is 9.40. The number of nitrogens with zero attached hydrogens (tertiary/aromatic N) is 2. The Hall–Kier alpha value is -1.70. The van der Waals surface area contributed by atoms with Gasteiger partial charge in [0.15, 0.2) is 0 Å². The average molecular weight is 210 g/mol. The van der Waals surface area contributed by atoms with Crippen LogP contribution in [0.1, 0.15) is 23.7 Å². The van der Waals surface area contributed by atoms with Crippen molar-refractivity contribution in [2.24, 2.45) is 0 Å². The first-order chi connectivity index (χ1) is 7.88. The van der Waals surface area contributed by atoms with Gasteiger partial charge >= 0.3 is 0 Å². The number of aryl methyl sites for hydroxylation is 3. The standard InChI is InChI=1S/C14H14N2/c1-2-12-8-7-11-6-5-10-4-3-9-15-13(10)14(11)16-12/h3-4,7-9H,2,5-6H2,1H3. The van der Waals surface area contributed by atoms with E-state index >= 15 is 0 Å². The summed E-state index contributed by atoms with van der Waals surface area (Å²) < 4.78 is 0. The van der Waals surface area contributed by atoms with Gasteiger partial charge in [0.1, 0.15) is 0 Å². The van der Waals surface area contributed by atoms with E-state index < -0.39 is 0 Å². The molecule has 0 saturated heterocycles. The predicted molar refractivity (Wildman–Crippen MR) is 64.3 cm³/mol. The van der Waals surface area contributed by atoms with E-state index in [9.17, 15) is 0 Å². The van der Waals surface area contributed by atoms with Gasteiger partial charge in [-0.1, -0.05) is 19.1 Å². The Labute approximate surface area is 95.4 Å². The van der Waals surface area contributed by atoms with Crippen molar-refractivity contribution in [3.8, 4) is 11.4 Å². The van der Waals surface area contributed by atoms with Crippen LogP contribution in [0.25, 0.3) is 11.4 Å². The number of fused-ring (bicyclic) bond motifs is 3. The van der Waals surface area contributed by atoms with Gasteiger partial charge in [0.2, 0.25) is 0 Å². The molecular formula is C14H14N2. The van der Waals surface area contributed by atoms with Gasteiger partial charge in [-0.3, -0.25) is 9.97 Å². The SMILES string of the molecule is CCc1ccc2c(n1)-c1ncccc1CC2. The van der Waals surface area contributed by atoms with Gasteiger partial charge < -0.3 is 0 Å². The maximum Gasteiger partial charge on any atom is 0.0924 e. The fourth-order valence-corrected chi connectivity index (χ4v) is 2.25. The average Bonchev–Trinajstić information content (AvgIpc) is 2.38. The molecule has 0 N–H and O–H groups in total. The van der Waals surface area contributed by atoms with Crippen LogP contribution in [0, 0.1) is 0 Å². The molecule has 0 aliphatic heterocycles. The Balaban J connectivity index is 2.22. The molecule has 0 atom stereocenters.